The Morgan fingerprint density at radius 3 is 2.75 bits per heavy atom. The zero-order valence-electron chi connectivity index (χ0n) is 13.4. The summed E-state index contributed by atoms with van der Waals surface area (Å²) in [6, 6.07) is 0.839. The zero-order valence-corrected chi connectivity index (χ0v) is 13.4. The van der Waals surface area contributed by atoms with Crippen LogP contribution in [-0.2, 0) is 9.53 Å². The highest BCUT2D eigenvalue weighted by molar-refractivity contribution is 5.81. The lowest BCUT2D eigenvalue weighted by Crippen LogP contribution is -2.54. The number of hydrogen-bond acceptors (Lipinski definition) is 4. The molecule has 0 aromatic rings. The Hall–Kier alpha value is -0.610. The van der Waals surface area contributed by atoms with Gasteiger partial charge in [-0.25, -0.2) is 0 Å². The van der Waals surface area contributed by atoms with Gasteiger partial charge in [0.2, 0.25) is 0 Å². The molecule has 116 valence electrons. The minimum Gasteiger partial charge on any atom is -0.465 e. The lowest BCUT2D eigenvalue weighted by atomic mass is 9.96. The fraction of sp³-hybridized carbons (Fsp3) is 0.938. The largest absolute Gasteiger partial charge is 0.465 e. The SMILES string of the molecule is CCOC(=O)C1(NC(C)C)CCC(N2CCC(C)C2)C1. The van der Waals surface area contributed by atoms with E-state index in [4.69, 9.17) is 4.74 Å². The highest BCUT2D eigenvalue weighted by atomic mass is 16.5. The normalized spacial score (nSPS) is 34.9. The van der Waals surface area contributed by atoms with E-state index in [0.717, 1.165) is 25.2 Å². The summed E-state index contributed by atoms with van der Waals surface area (Å²) in [6.45, 7) is 11.2. The van der Waals surface area contributed by atoms with Crippen LogP contribution in [0.5, 0.6) is 0 Å². The lowest BCUT2D eigenvalue weighted by molar-refractivity contribution is -0.151. The summed E-state index contributed by atoms with van der Waals surface area (Å²) in [5.74, 6) is 0.745. The highest BCUT2D eigenvalue weighted by Gasteiger charge is 2.48. The third-order valence-corrected chi connectivity index (χ3v) is 4.69. The van der Waals surface area contributed by atoms with Crippen LogP contribution in [-0.4, -0.2) is 48.2 Å². The predicted octanol–water partition coefficient (Wildman–Crippen LogP) is 2.18. The van der Waals surface area contributed by atoms with Crippen LogP contribution in [0.3, 0.4) is 0 Å². The first kappa shape index (κ1) is 15.8. The molecule has 4 heteroatoms. The topological polar surface area (TPSA) is 41.6 Å². The van der Waals surface area contributed by atoms with Crippen LogP contribution < -0.4 is 5.32 Å². The van der Waals surface area contributed by atoms with E-state index < -0.39 is 5.54 Å². The smallest absolute Gasteiger partial charge is 0.326 e. The van der Waals surface area contributed by atoms with Gasteiger partial charge in [-0.1, -0.05) is 6.92 Å². The number of ether oxygens (including phenoxy) is 1. The number of hydrogen-bond donors (Lipinski definition) is 1. The van der Waals surface area contributed by atoms with Gasteiger partial charge in [0.15, 0.2) is 0 Å². The van der Waals surface area contributed by atoms with Crippen molar-refractivity contribution in [1.29, 1.82) is 0 Å². The van der Waals surface area contributed by atoms with E-state index in [0.29, 0.717) is 18.7 Å². The summed E-state index contributed by atoms with van der Waals surface area (Å²) in [5.41, 5.74) is -0.458. The monoisotopic (exact) mass is 282 g/mol. The van der Waals surface area contributed by atoms with Crippen molar-refractivity contribution in [2.45, 2.75) is 71.0 Å². The maximum Gasteiger partial charge on any atom is 0.326 e. The molecule has 2 fully saturated rings. The third kappa shape index (κ3) is 3.34. The predicted molar refractivity (Wildman–Crippen MR) is 80.6 cm³/mol. The molecule has 2 aliphatic rings. The molecule has 3 unspecified atom stereocenters. The number of carbonyl (C=O) groups excluding carboxylic acids is 1. The molecule has 1 aliphatic heterocycles. The zero-order chi connectivity index (χ0) is 14.8. The Morgan fingerprint density at radius 1 is 1.45 bits per heavy atom. The van der Waals surface area contributed by atoms with Gasteiger partial charge in [-0.2, -0.15) is 0 Å². The number of likely N-dealkylation sites (tertiary alicyclic amines) is 1. The molecule has 0 bridgehead atoms. The Bertz CT molecular complexity index is 345. The quantitative estimate of drug-likeness (QED) is 0.785. The summed E-state index contributed by atoms with van der Waals surface area (Å²) in [4.78, 5) is 15.0. The second-order valence-electron chi connectivity index (χ2n) is 6.89. The van der Waals surface area contributed by atoms with Crippen molar-refractivity contribution >= 4 is 5.97 Å². The molecule has 0 aromatic carbocycles. The number of carbonyl (C=O) groups is 1. The fourth-order valence-electron chi connectivity index (χ4n) is 3.83. The molecule has 0 aromatic heterocycles. The number of nitrogens with zero attached hydrogens (tertiary/aromatic N) is 1. The first-order valence-electron chi connectivity index (χ1n) is 8.16. The van der Waals surface area contributed by atoms with Crippen LogP contribution in [0.15, 0.2) is 0 Å². The van der Waals surface area contributed by atoms with E-state index in [1.54, 1.807) is 0 Å². The average molecular weight is 282 g/mol. The standard InChI is InChI=1S/C16H30N2O2/c1-5-20-15(19)16(17-12(2)3)8-6-14(10-16)18-9-7-13(4)11-18/h12-14,17H,5-11H2,1-4H3. The van der Waals surface area contributed by atoms with Gasteiger partial charge in [-0.15, -0.1) is 0 Å². The van der Waals surface area contributed by atoms with Crippen molar-refractivity contribution in [3.63, 3.8) is 0 Å². The molecule has 0 spiro atoms. The van der Waals surface area contributed by atoms with Crippen molar-refractivity contribution in [1.82, 2.24) is 10.2 Å². The van der Waals surface area contributed by atoms with E-state index in [-0.39, 0.29) is 5.97 Å². The molecule has 20 heavy (non-hydrogen) atoms. The maximum absolute atomic E-state index is 12.4. The van der Waals surface area contributed by atoms with Gasteiger partial charge in [0.25, 0.3) is 0 Å². The second-order valence-corrected chi connectivity index (χ2v) is 6.89. The van der Waals surface area contributed by atoms with E-state index in [1.807, 2.05) is 6.92 Å². The Balaban J connectivity index is 2.04. The van der Waals surface area contributed by atoms with Crippen LogP contribution in [0.25, 0.3) is 0 Å². The lowest BCUT2D eigenvalue weighted by Gasteiger charge is -2.32. The van der Waals surface area contributed by atoms with Gasteiger partial charge in [-0.3, -0.25) is 10.1 Å². The third-order valence-electron chi connectivity index (χ3n) is 4.69. The molecule has 1 heterocycles. The Kier molecular flexibility index (Phi) is 5.08. The second kappa shape index (κ2) is 6.44. The van der Waals surface area contributed by atoms with Crippen LogP contribution in [0, 0.1) is 5.92 Å². The molecule has 0 amide bonds. The molecule has 1 saturated heterocycles. The Morgan fingerprint density at radius 2 is 2.20 bits per heavy atom. The number of esters is 1. The molecule has 0 radical (unpaired) electrons. The van der Waals surface area contributed by atoms with E-state index in [2.05, 4.69) is 31.0 Å². The molecular formula is C16H30N2O2. The first-order valence-corrected chi connectivity index (χ1v) is 8.16. The van der Waals surface area contributed by atoms with Gasteiger partial charge < -0.3 is 9.64 Å². The molecular weight excluding hydrogens is 252 g/mol. The summed E-state index contributed by atoms with van der Waals surface area (Å²) in [7, 11) is 0. The summed E-state index contributed by atoms with van der Waals surface area (Å²) in [6.07, 6.45) is 4.20. The van der Waals surface area contributed by atoms with E-state index in [1.165, 1.54) is 19.5 Å². The summed E-state index contributed by atoms with van der Waals surface area (Å²) < 4.78 is 5.34. The molecule has 1 N–H and O–H groups in total. The van der Waals surface area contributed by atoms with Crippen LogP contribution >= 0.6 is 0 Å². The van der Waals surface area contributed by atoms with Crippen molar-refractivity contribution in [3.05, 3.63) is 0 Å². The maximum atomic E-state index is 12.4. The fourth-order valence-corrected chi connectivity index (χ4v) is 3.83. The van der Waals surface area contributed by atoms with Crippen molar-refractivity contribution in [2.75, 3.05) is 19.7 Å². The number of rotatable bonds is 5. The van der Waals surface area contributed by atoms with Crippen LogP contribution in [0.1, 0.15) is 53.4 Å². The van der Waals surface area contributed by atoms with E-state index in [9.17, 15) is 4.79 Å². The average Bonchev–Trinajstić information content (AvgIpc) is 2.96. The molecule has 4 nitrogen and oxygen atoms in total. The molecule has 2 rings (SSSR count). The van der Waals surface area contributed by atoms with Crippen LogP contribution in [0.2, 0.25) is 0 Å². The minimum absolute atomic E-state index is 0.0524. The molecule has 1 saturated carbocycles. The highest BCUT2D eigenvalue weighted by Crippen LogP contribution is 2.36. The molecule has 3 atom stereocenters. The Labute approximate surface area is 123 Å². The van der Waals surface area contributed by atoms with E-state index >= 15 is 0 Å². The van der Waals surface area contributed by atoms with Gasteiger partial charge in [0.05, 0.1) is 6.61 Å². The van der Waals surface area contributed by atoms with Gasteiger partial charge in [-0.05, 0) is 58.9 Å². The molecule has 1 aliphatic carbocycles. The summed E-state index contributed by atoms with van der Waals surface area (Å²) in [5, 5.41) is 3.50. The van der Waals surface area contributed by atoms with Gasteiger partial charge in [0.1, 0.15) is 5.54 Å². The summed E-state index contributed by atoms with van der Waals surface area (Å²) >= 11 is 0. The first-order chi connectivity index (χ1) is 9.47. The van der Waals surface area contributed by atoms with Crippen LogP contribution in [0.4, 0.5) is 0 Å². The van der Waals surface area contributed by atoms with Crippen molar-refractivity contribution in [3.8, 4) is 0 Å². The minimum atomic E-state index is -0.458. The van der Waals surface area contributed by atoms with Gasteiger partial charge >= 0.3 is 5.97 Å². The number of nitrogens with one attached hydrogen (secondary N) is 1. The van der Waals surface area contributed by atoms with Crippen molar-refractivity contribution in [2.24, 2.45) is 5.92 Å². The van der Waals surface area contributed by atoms with Gasteiger partial charge in [0, 0.05) is 18.6 Å². The van der Waals surface area contributed by atoms with Crippen molar-refractivity contribution < 1.29 is 9.53 Å².